The first-order chi connectivity index (χ1) is 22.6. The van der Waals surface area contributed by atoms with E-state index in [0.717, 1.165) is 16.6 Å². The first-order valence-electron chi connectivity index (χ1n) is 14.6. The van der Waals surface area contributed by atoms with E-state index >= 15 is 0 Å². The number of nitrogens with one attached hydrogen (secondary N) is 3. The van der Waals surface area contributed by atoms with E-state index in [1.165, 1.54) is 17.7 Å². The Hall–Kier alpha value is -6.17. The second-order valence-electron chi connectivity index (χ2n) is 11.2. The topological polar surface area (TPSA) is 160 Å². The van der Waals surface area contributed by atoms with E-state index in [9.17, 15) is 14.4 Å². The van der Waals surface area contributed by atoms with Gasteiger partial charge in [0.2, 0.25) is 0 Å². The van der Waals surface area contributed by atoms with E-state index in [1.807, 2.05) is 36.4 Å². The third kappa shape index (κ3) is 7.39. The van der Waals surface area contributed by atoms with Gasteiger partial charge in [-0.25, -0.2) is 14.8 Å². The molecule has 240 valence electrons. The third-order valence-electron chi connectivity index (χ3n) is 7.58. The molecular formula is C35H34N6O6. The Morgan fingerprint density at radius 2 is 1.60 bits per heavy atom. The number of H-pyrrole nitrogens is 1. The monoisotopic (exact) mass is 634 g/mol. The average Bonchev–Trinajstić information content (AvgIpc) is 3.74. The van der Waals surface area contributed by atoms with Crippen LogP contribution in [0.25, 0.3) is 16.7 Å². The molecule has 3 aromatic heterocycles. The lowest BCUT2D eigenvalue weighted by atomic mass is 9.84. The summed E-state index contributed by atoms with van der Waals surface area (Å²) in [7, 11) is 3.08. The van der Waals surface area contributed by atoms with Gasteiger partial charge in [0, 0.05) is 35.0 Å². The fourth-order valence-electron chi connectivity index (χ4n) is 4.86. The van der Waals surface area contributed by atoms with Gasteiger partial charge in [0.05, 0.1) is 37.8 Å². The highest BCUT2D eigenvalue weighted by Crippen LogP contribution is 2.28. The van der Waals surface area contributed by atoms with Crippen LogP contribution >= 0.6 is 0 Å². The molecule has 4 N–H and O–H groups in total. The molecule has 0 aliphatic rings. The van der Waals surface area contributed by atoms with Crippen LogP contribution < -0.4 is 20.1 Å². The first-order valence-corrected chi connectivity index (χ1v) is 14.6. The molecule has 0 saturated heterocycles. The van der Waals surface area contributed by atoms with E-state index in [0.29, 0.717) is 40.5 Å². The second kappa shape index (κ2) is 13.9. The summed E-state index contributed by atoms with van der Waals surface area (Å²) in [5.41, 5.74) is 4.89. The van der Waals surface area contributed by atoms with Gasteiger partial charge in [0.1, 0.15) is 5.65 Å². The van der Waals surface area contributed by atoms with Gasteiger partial charge in [0.15, 0.2) is 17.2 Å². The zero-order valence-electron chi connectivity index (χ0n) is 26.3. The minimum absolute atomic E-state index is 0.145. The quantitative estimate of drug-likeness (QED) is 0.161. The van der Waals surface area contributed by atoms with Crippen molar-refractivity contribution in [2.24, 2.45) is 0 Å². The lowest BCUT2D eigenvalue weighted by molar-refractivity contribution is 0.0688. The van der Waals surface area contributed by atoms with E-state index < -0.39 is 5.97 Å². The molecule has 3 aromatic carbocycles. The summed E-state index contributed by atoms with van der Waals surface area (Å²) in [4.78, 5) is 47.1. The van der Waals surface area contributed by atoms with Crippen molar-refractivity contribution < 1.29 is 29.0 Å². The molecule has 0 aliphatic heterocycles. The summed E-state index contributed by atoms with van der Waals surface area (Å²) >= 11 is 0. The van der Waals surface area contributed by atoms with Crippen LogP contribution in [-0.2, 0) is 5.41 Å². The standard InChI is InChI=1S/C27H28N4O4.C8H6N2O2/c1-27(2,15-28-25(32)17-5-11-21-22(13-17)30-16-29-21)19-7-9-20(10-8-19)31-26(33)18-6-12-23(34-3)24(14-18)35-4;11-8(12)6-5-9-7-3-1-2-4-10(6)7/h5-14,16H,15H2,1-4H3,(H,28,32)(H,29,30)(H,31,33);1-5H,(H,11,12). The minimum atomic E-state index is -0.964. The van der Waals surface area contributed by atoms with Gasteiger partial charge in [0.25, 0.3) is 11.8 Å². The van der Waals surface area contributed by atoms with Crippen molar-refractivity contribution in [2.45, 2.75) is 19.3 Å². The molecule has 2 amide bonds. The Balaban J connectivity index is 0.000000301. The highest BCUT2D eigenvalue weighted by molar-refractivity contribution is 6.04. The summed E-state index contributed by atoms with van der Waals surface area (Å²) in [5.74, 6) is -0.310. The molecule has 47 heavy (non-hydrogen) atoms. The molecule has 0 bridgehead atoms. The smallest absolute Gasteiger partial charge is 0.354 e. The van der Waals surface area contributed by atoms with Crippen LogP contribution in [0.15, 0.2) is 97.6 Å². The molecule has 0 atom stereocenters. The van der Waals surface area contributed by atoms with Crippen LogP contribution in [-0.4, -0.2) is 63.0 Å². The SMILES string of the molecule is COc1ccc(C(=O)Nc2ccc(C(C)(C)CNC(=O)c3ccc4nc[nH]c4c3)cc2)cc1OC.O=C(O)c1cnc2ccccn12. The molecule has 6 rings (SSSR count). The molecule has 6 aromatic rings. The van der Waals surface area contributed by atoms with Crippen LogP contribution in [0.1, 0.15) is 50.6 Å². The molecule has 12 nitrogen and oxygen atoms in total. The van der Waals surface area contributed by atoms with Gasteiger partial charge >= 0.3 is 5.97 Å². The predicted molar refractivity (Wildman–Crippen MR) is 178 cm³/mol. The maximum Gasteiger partial charge on any atom is 0.354 e. The number of nitrogens with zero attached hydrogens (tertiary/aromatic N) is 3. The van der Waals surface area contributed by atoms with E-state index in [1.54, 1.807) is 62.1 Å². The molecule has 0 spiro atoms. The molecule has 3 heterocycles. The van der Waals surface area contributed by atoms with Gasteiger partial charge in [-0.15, -0.1) is 0 Å². The Bertz CT molecular complexity index is 2050. The Labute approximate surface area is 270 Å². The van der Waals surface area contributed by atoms with Gasteiger partial charge in [-0.05, 0) is 66.2 Å². The lowest BCUT2D eigenvalue weighted by Crippen LogP contribution is -2.36. The minimum Gasteiger partial charge on any atom is -0.493 e. The number of rotatable bonds is 9. The number of aromatic amines is 1. The number of aromatic nitrogens is 4. The Morgan fingerprint density at radius 3 is 2.32 bits per heavy atom. The van der Waals surface area contributed by atoms with Crippen LogP contribution in [0.3, 0.4) is 0 Å². The number of imidazole rings is 2. The Morgan fingerprint density at radius 1 is 0.872 bits per heavy atom. The van der Waals surface area contributed by atoms with Crippen LogP contribution in [0.5, 0.6) is 11.5 Å². The number of fused-ring (bicyclic) bond motifs is 2. The molecule has 0 radical (unpaired) electrons. The summed E-state index contributed by atoms with van der Waals surface area (Å²) < 4.78 is 12.0. The maximum atomic E-state index is 12.7. The highest BCUT2D eigenvalue weighted by atomic mass is 16.5. The normalized spacial score (nSPS) is 11.0. The van der Waals surface area contributed by atoms with E-state index in [4.69, 9.17) is 14.6 Å². The maximum absolute atomic E-state index is 12.7. The molecule has 0 saturated carbocycles. The molecule has 12 heteroatoms. The van der Waals surface area contributed by atoms with Gasteiger partial charge < -0.3 is 30.2 Å². The molecule has 0 aliphatic carbocycles. The van der Waals surface area contributed by atoms with Crippen LogP contribution in [0, 0.1) is 0 Å². The number of anilines is 1. The number of carboxylic acid groups (broad SMARTS) is 1. The van der Waals surface area contributed by atoms with Crippen molar-refractivity contribution in [1.29, 1.82) is 0 Å². The van der Waals surface area contributed by atoms with Gasteiger partial charge in [-0.2, -0.15) is 0 Å². The first kappa shape index (κ1) is 32.2. The number of hydrogen-bond acceptors (Lipinski definition) is 7. The zero-order valence-corrected chi connectivity index (χ0v) is 26.3. The van der Waals surface area contributed by atoms with Crippen molar-refractivity contribution in [2.75, 3.05) is 26.1 Å². The van der Waals surface area contributed by atoms with E-state index in [2.05, 4.69) is 39.4 Å². The van der Waals surface area contributed by atoms with Gasteiger partial charge in [-0.1, -0.05) is 32.0 Å². The van der Waals surface area contributed by atoms with Gasteiger partial charge in [-0.3, -0.25) is 14.0 Å². The predicted octanol–water partition coefficient (Wildman–Crippen LogP) is 5.57. The van der Waals surface area contributed by atoms with Crippen LogP contribution in [0.4, 0.5) is 5.69 Å². The average molecular weight is 635 g/mol. The largest absolute Gasteiger partial charge is 0.493 e. The van der Waals surface area contributed by atoms with Crippen LogP contribution in [0.2, 0.25) is 0 Å². The second-order valence-corrected chi connectivity index (χ2v) is 11.2. The Kier molecular flexibility index (Phi) is 9.50. The number of hydrogen-bond donors (Lipinski definition) is 4. The number of ether oxygens (including phenoxy) is 2. The molecule has 0 unspecified atom stereocenters. The van der Waals surface area contributed by atoms with Crippen molar-refractivity contribution in [3.63, 3.8) is 0 Å². The number of pyridine rings is 1. The summed E-state index contributed by atoms with van der Waals surface area (Å²) in [6.07, 6.45) is 4.62. The van der Waals surface area contributed by atoms with Crippen molar-refractivity contribution in [3.8, 4) is 11.5 Å². The number of aromatic carboxylic acids is 1. The van der Waals surface area contributed by atoms with E-state index in [-0.39, 0.29) is 22.9 Å². The fourth-order valence-corrected chi connectivity index (χ4v) is 4.86. The number of amides is 2. The third-order valence-corrected chi connectivity index (χ3v) is 7.58. The van der Waals surface area contributed by atoms with Crippen molar-refractivity contribution in [3.05, 3.63) is 120 Å². The van der Waals surface area contributed by atoms with Crippen molar-refractivity contribution >= 4 is 40.2 Å². The zero-order chi connectivity index (χ0) is 33.6. The number of methoxy groups -OCH3 is 2. The summed E-state index contributed by atoms with van der Waals surface area (Å²) in [5, 5.41) is 14.6. The number of benzene rings is 3. The summed E-state index contributed by atoms with van der Waals surface area (Å²) in [6.45, 7) is 4.56. The highest BCUT2D eigenvalue weighted by Gasteiger charge is 2.22. The van der Waals surface area contributed by atoms with Crippen molar-refractivity contribution in [1.82, 2.24) is 24.7 Å². The number of carbonyl (C=O) groups is 3. The summed E-state index contributed by atoms with van der Waals surface area (Å²) in [6, 6.07) is 23.3. The molecular weight excluding hydrogens is 600 g/mol. The molecule has 0 fully saturated rings. The number of carbonyl (C=O) groups excluding carboxylic acids is 2. The fraction of sp³-hybridized carbons (Fsp3) is 0.171. The number of carboxylic acids is 1. The lowest BCUT2D eigenvalue weighted by Gasteiger charge is -2.26.